The van der Waals surface area contributed by atoms with Crippen molar-refractivity contribution in [1.82, 2.24) is 5.32 Å². The number of ether oxygens (including phenoxy) is 1. The fourth-order valence-corrected chi connectivity index (χ4v) is 4.32. The number of Topliss-reactive ketones (excluding diaryl/α,β-unsaturated/α-hetero) is 1. The molecule has 2 aromatic heterocycles. The summed E-state index contributed by atoms with van der Waals surface area (Å²) in [4.78, 5) is 26.0. The molecule has 5 rings (SSSR count). The molecule has 32 heavy (non-hydrogen) atoms. The Hall–Kier alpha value is -3.51. The van der Waals surface area contributed by atoms with Crippen LogP contribution in [-0.4, -0.2) is 11.7 Å². The van der Waals surface area contributed by atoms with Crippen molar-refractivity contribution in [2.45, 2.75) is 32.4 Å². The summed E-state index contributed by atoms with van der Waals surface area (Å²) in [7, 11) is 0. The second-order valence-corrected chi connectivity index (χ2v) is 8.51. The fraction of sp³-hybridized carbons (Fsp3) is 0.200. The van der Waals surface area contributed by atoms with E-state index in [2.05, 4.69) is 5.32 Å². The summed E-state index contributed by atoms with van der Waals surface area (Å²) in [5.74, 6) is 0.825. The molecule has 0 unspecified atom stereocenters. The number of carbonyl (C=O) groups is 2. The van der Waals surface area contributed by atoms with Gasteiger partial charge in [0, 0.05) is 16.0 Å². The lowest BCUT2D eigenvalue weighted by atomic mass is 9.84. The predicted octanol–water partition coefficient (Wildman–Crippen LogP) is 5.80. The molecule has 1 amide bonds. The lowest BCUT2D eigenvalue weighted by Gasteiger charge is -2.35. The van der Waals surface area contributed by atoms with E-state index in [9.17, 15) is 9.59 Å². The van der Waals surface area contributed by atoms with Gasteiger partial charge < -0.3 is 18.9 Å². The van der Waals surface area contributed by atoms with Crippen LogP contribution in [0.3, 0.4) is 0 Å². The number of benzene rings is 2. The summed E-state index contributed by atoms with van der Waals surface area (Å²) in [5, 5.41) is 4.00. The Morgan fingerprint density at radius 3 is 2.66 bits per heavy atom. The molecule has 0 saturated carbocycles. The minimum atomic E-state index is -0.816. The van der Waals surface area contributed by atoms with Crippen molar-refractivity contribution in [2.75, 3.05) is 0 Å². The standard InChI is InChI=1S/C25H20ClNO5/c1-14-21-19(31-23(14)24(29)27-13-17-4-3-11-30-17)9-10-20-22(21)18(28)12-25(2,32-20)15-5-7-16(26)8-6-15/h3-11H,12-13H2,1-2H3,(H,27,29)/t25-/m1/s1. The van der Waals surface area contributed by atoms with Crippen LogP contribution < -0.4 is 10.1 Å². The van der Waals surface area contributed by atoms with Crippen molar-refractivity contribution in [3.05, 3.63) is 88.0 Å². The summed E-state index contributed by atoms with van der Waals surface area (Å²) in [5.41, 5.74) is 1.56. The van der Waals surface area contributed by atoms with Crippen LogP contribution in [0.2, 0.25) is 5.02 Å². The van der Waals surface area contributed by atoms with Crippen molar-refractivity contribution in [1.29, 1.82) is 0 Å². The summed E-state index contributed by atoms with van der Waals surface area (Å²) < 4.78 is 17.4. The van der Waals surface area contributed by atoms with E-state index in [4.69, 9.17) is 25.2 Å². The Bertz CT molecular complexity index is 1340. The average molecular weight is 450 g/mol. The van der Waals surface area contributed by atoms with Gasteiger partial charge in [0.1, 0.15) is 22.7 Å². The van der Waals surface area contributed by atoms with E-state index in [1.165, 1.54) is 0 Å². The largest absolute Gasteiger partial charge is 0.482 e. The molecule has 0 radical (unpaired) electrons. The highest BCUT2D eigenvalue weighted by Gasteiger charge is 2.40. The maximum atomic E-state index is 13.3. The Labute approximate surface area is 189 Å². The molecule has 4 aromatic rings. The van der Waals surface area contributed by atoms with Crippen molar-refractivity contribution < 1.29 is 23.2 Å². The van der Waals surface area contributed by atoms with E-state index in [0.717, 1.165) is 5.56 Å². The molecule has 7 heteroatoms. The van der Waals surface area contributed by atoms with Crippen LogP contribution in [0.25, 0.3) is 11.0 Å². The number of hydrogen-bond acceptors (Lipinski definition) is 5. The number of halogens is 1. The zero-order valence-electron chi connectivity index (χ0n) is 17.5. The van der Waals surface area contributed by atoms with Gasteiger partial charge in [0.05, 0.1) is 24.8 Å². The molecule has 2 aromatic carbocycles. The number of hydrogen-bond donors (Lipinski definition) is 1. The lowest BCUT2D eigenvalue weighted by molar-refractivity contribution is 0.0507. The summed E-state index contributed by atoms with van der Waals surface area (Å²) >= 11 is 6.01. The Morgan fingerprint density at radius 1 is 1.16 bits per heavy atom. The van der Waals surface area contributed by atoms with E-state index >= 15 is 0 Å². The molecule has 0 fully saturated rings. The normalized spacial score (nSPS) is 17.8. The van der Waals surface area contributed by atoms with Crippen LogP contribution in [-0.2, 0) is 12.1 Å². The molecule has 3 heterocycles. The Morgan fingerprint density at radius 2 is 1.94 bits per heavy atom. The summed E-state index contributed by atoms with van der Waals surface area (Å²) in [6, 6.07) is 14.3. The van der Waals surface area contributed by atoms with Crippen LogP contribution in [0.4, 0.5) is 0 Å². The minimum Gasteiger partial charge on any atom is -0.482 e. The first-order chi connectivity index (χ1) is 15.4. The second kappa shape index (κ2) is 7.57. The molecule has 0 bridgehead atoms. The first kappa shape index (κ1) is 20.4. The molecule has 1 aliphatic heterocycles. The molecular weight excluding hydrogens is 430 g/mol. The Balaban J connectivity index is 1.51. The molecule has 1 N–H and O–H groups in total. The van der Waals surface area contributed by atoms with Gasteiger partial charge in [-0.3, -0.25) is 9.59 Å². The molecule has 6 nitrogen and oxygen atoms in total. The van der Waals surface area contributed by atoms with Gasteiger partial charge >= 0.3 is 0 Å². The molecule has 162 valence electrons. The van der Waals surface area contributed by atoms with E-state index in [1.807, 2.05) is 19.1 Å². The predicted molar refractivity (Wildman–Crippen MR) is 119 cm³/mol. The van der Waals surface area contributed by atoms with Gasteiger partial charge in [0.15, 0.2) is 11.5 Å². The topological polar surface area (TPSA) is 81.7 Å². The number of nitrogens with one attached hydrogen (secondary N) is 1. The molecule has 1 atom stereocenters. The van der Waals surface area contributed by atoms with Crippen molar-refractivity contribution in [2.24, 2.45) is 0 Å². The van der Waals surface area contributed by atoms with Crippen molar-refractivity contribution >= 4 is 34.3 Å². The first-order valence-electron chi connectivity index (χ1n) is 10.2. The van der Waals surface area contributed by atoms with Gasteiger partial charge in [-0.1, -0.05) is 23.7 Å². The van der Waals surface area contributed by atoms with Crippen LogP contribution in [0.5, 0.6) is 5.75 Å². The highest BCUT2D eigenvalue weighted by Crippen LogP contribution is 2.44. The highest BCUT2D eigenvalue weighted by molar-refractivity contribution is 6.30. The first-order valence-corrected chi connectivity index (χ1v) is 10.6. The number of furan rings is 2. The number of fused-ring (bicyclic) bond motifs is 3. The maximum absolute atomic E-state index is 13.3. The average Bonchev–Trinajstić information content (AvgIpc) is 3.40. The van der Waals surface area contributed by atoms with E-state index in [0.29, 0.717) is 38.6 Å². The van der Waals surface area contributed by atoms with Crippen molar-refractivity contribution in [3.8, 4) is 5.75 Å². The number of aryl methyl sites for hydroxylation is 1. The number of ketones is 1. The third kappa shape index (κ3) is 3.37. The van der Waals surface area contributed by atoms with E-state index < -0.39 is 5.60 Å². The van der Waals surface area contributed by atoms with Gasteiger partial charge in [-0.05, 0) is 55.8 Å². The number of carbonyl (C=O) groups excluding carboxylic acids is 2. The van der Waals surface area contributed by atoms with E-state index in [1.54, 1.807) is 49.6 Å². The van der Waals surface area contributed by atoms with Crippen LogP contribution >= 0.6 is 11.6 Å². The maximum Gasteiger partial charge on any atom is 0.287 e. The van der Waals surface area contributed by atoms with Gasteiger partial charge in [-0.25, -0.2) is 0 Å². The summed E-state index contributed by atoms with van der Waals surface area (Å²) in [6.07, 6.45) is 1.70. The quantitative estimate of drug-likeness (QED) is 0.426. The van der Waals surface area contributed by atoms with Gasteiger partial charge in [-0.2, -0.15) is 0 Å². The second-order valence-electron chi connectivity index (χ2n) is 8.07. The lowest BCUT2D eigenvalue weighted by Crippen LogP contribution is -2.36. The van der Waals surface area contributed by atoms with Gasteiger partial charge in [0.2, 0.25) is 0 Å². The van der Waals surface area contributed by atoms with Gasteiger partial charge in [0.25, 0.3) is 5.91 Å². The van der Waals surface area contributed by atoms with Crippen LogP contribution in [0.1, 0.15) is 51.1 Å². The monoisotopic (exact) mass is 449 g/mol. The molecular formula is C25H20ClNO5. The highest BCUT2D eigenvalue weighted by atomic mass is 35.5. The zero-order valence-corrected chi connectivity index (χ0v) is 18.3. The van der Waals surface area contributed by atoms with Gasteiger partial charge in [-0.15, -0.1) is 0 Å². The molecule has 1 aliphatic rings. The molecule has 0 spiro atoms. The van der Waals surface area contributed by atoms with Crippen LogP contribution in [0.15, 0.2) is 63.6 Å². The summed E-state index contributed by atoms with van der Waals surface area (Å²) in [6.45, 7) is 3.90. The third-order valence-corrected chi connectivity index (χ3v) is 6.08. The third-order valence-electron chi connectivity index (χ3n) is 5.83. The SMILES string of the molecule is Cc1c(C(=O)NCc2ccco2)oc2ccc3c(c12)C(=O)C[C@](C)(c1ccc(Cl)cc1)O3. The van der Waals surface area contributed by atoms with Crippen molar-refractivity contribution in [3.63, 3.8) is 0 Å². The number of rotatable bonds is 4. The number of amides is 1. The minimum absolute atomic E-state index is 0.0688. The molecule has 0 aliphatic carbocycles. The zero-order chi connectivity index (χ0) is 22.5. The fourth-order valence-electron chi connectivity index (χ4n) is 4.20. The van der Waals surface area contributed by atoms with Crippen LogP contribution in [0, 0.1) is 6.92 Å². The van der Waals surface area contributed by atoms with E-state index in [-0.39, 0.29) is 30.4 Å². The smallest absolute Gasteiger partial charge is 0.287 e. The molecule has 0 saturated heterocycles. The Kier molecular flexibility index (Phi) is 4.82.